The minimum absolute atomic E-state index is 0.713. The van der Waals surface area contributed by atoms with Gasteiger partial charge in [0.15, 0.2) is 0 Å². The maximum atomic E-state index is 2.58. The highest BCUT2D eigenvalue weighted by Crippen LogP contribution is 2.30. The molecule has 0 aliphatic carbocycles. The number of rotatable bonds is 10. The lowest BCUT2D eigenvalue weighted by molar-refractivity contribution is 0.365. The van der Waals surface area contributed by atoms with Crippen molar-refractivity contribution in [2.45, 2.75) is 87.5 Å². The molecule has 0 amide bonds. The van der Waals surface area contributed by atoms with Gasteiger partial charge >= 0.3 is 0 Å². The van der Waals surface area contributed by atoms with Gasteiger partial charge in [-0.3, -0.25) is 0 Å². The molecule has 0 rings (SSSR count). The van der Waals surface area contributed by atoms with Gasteiger partial charge in [-0.25, -0.2) is 0 Å². The van der Waals surface area contributed by atoms with Crippen molar-refractivity contribution in [1.82, 2.24) is 0 Å². The summed E-state index contributed by atoms with van der Waals surface area (Å²) in [6.45, 7) is 18.9. The maximum Gasteiger partial charge on any atom is -0.0203 e. The van der Waals surface area contributed by atoms with Gasteiger partial charge in [0.2, 0.25) is 0 Å². The molecule has 0 aromatic rings. The second-order valence-electron chi connectivity index (χ2n) is 7.62. The van der Waals surface area contributed by atoms with Gasteiger partial charge in [-0.2, -0.15) is 0 Å². The Morgan fingerprint density at radius 3 is 1.90 bits per heavy atom. The fourth-order valence-electron chi connectivity index (χ4n) is 2.87. The van der Waals surface area contributed by atoms with Crippen LogP contribution in [0.25, 0.3) is 0 Å². The zero-order valence-corrected chi connectivity index (χ0v) is 15.5. The molecule has 120 valence electrons. The zero-order valence-electron chi connectivity index (χ0n) is 15.5. The summed E-state index contributed by atoms with van der Waals surface area (Å²) in [5, 5.41) is 0. The third-order valence-corrected chi connectivity index (χ3v) is 4.88. The summed E-state index contributed by atoms with van der Waals surface area (Å²) in [6, 6.07) is 0. The van der Waals surface area contributed by atoms with Crippen LogP contribution in [0.4, 0.5) is 0 Å². The van der Waals surface area contributed by atoms with E-state index in [1.54, 1.807) is 5.57 Å². The first-order valence-corrected chi connectivity index (χ1v) is 9.02. The Morgan fingerprint density at radius 2 is 1.50 bits per heavy atom. The highest BCUT2D eigenvalue weighted by Gasteiger charge is 2.16. The summed E-state index contributed by atoms with van der Waals surface area (Å²) >= 11 is 0. The molecule has 0 aromatic carbocycles. The smallest absolute Gasteiger partial charge is 0.0203 e. The highest BCUT2D eigenvalue weighted by atomic mass is 14.2. The van der Waals surface area contributed by atoms with E-state index in [4.69, 9.17) is 0 Å². The Kier molecular flexibility index (Phi) is 10.3. The minimum Gasteiger partial charge on any atom is -0.0820 e. The van der Waals surface area contributed by atoms with Crippen LogP contribution in [0.3, 0.4) is 0 Å². The van der Waals surface area contributed by atoms with E-state index >= 15 is 0 Å². The Hall–Kier alpha value is -0.260. The Balaban J connectivity index is 4.61. The van der Waals surface area contributed by atoms with E-state index in [9.17, 15) is 0 Å². The average Bonchev–Trinajstić information content (AvgIpc) is 2.39. The van der Waals surface area contributed by atoms with Crippen LogP contribution in [0.2, 0.25) is 0 Å². The van der Waals surface area contributed by atoms with Gasteiger partial charge in [0, 0.05) is 0 Å². The summed E-state index contributed by atoms with van der Waals surface area (Å²) in [7, 11) is 0. The third kappa shape index (κ3) is 8.12. The molecule has 0 spiro atoms. The molecule has 0 fully saturated rings. The normalized spacial score (nSPS) is 17.6. The van der Waals surface area contributed by atoms with Crippen LogP contribution >= 0.6 is 0 Å². The average molecular weight is 281 g/mol. The fraction of sp³-hybridized carbons (Fsp3) is 0.900. The van der Waals surface area contributed by atoms with Gasteiger partial charge in [0.25, 0.3) is 0 Å². The molecule has 0 nitrogen and oxygen atoms in total. The van der Waals surface area contributed by atoms with Crippen molar-refractivity contribution >= 4 is 0 Å². The topological polar surface area (TPSA) is 0 Å². The standard InChI is InChI=1S/C20H40/c1-9-19(13-17(7)12-11-15(3)4)20(10-2)14-18(8)16(5)6/h14-19H,9-13H2,1-8H3. The molecule has 0 saturated heterocycles. The number of hydrogen-bond acceptors (Lipinski definition) is 0. The predicted molar refractivity (Wildman–Crippen MR) is 94.0 cm³/mol. The molecule has 3 atom stereocenters. The molecule has 0 bridgehead atoms. The van der Waals surface area contributed by atoms with E-state index in [0.29, 0.717) is 5.92 Å². The van der Waals surface area contributed by atoms with Gasteiger partial charge in [-0.05, 0) is 48.9 Å². The Morgan fingerprint density at radius 1 is 0.900 bits per heavy atom. The number of allylic oxidation sites excluding steroid dienone is 2. The van der Waals surface area contributed by atoms with E-state index in [1.165, 1.54) is 32.1 Å². The largest absolute Gasteiger partial charge is 0.0820 e. The van der Waals surface area contributed by atoms with Crippen LogP contribution in [0.5, 0.6) is 0 Å². The van der Waals surface area contributed by atoms with E-state index in [-0.39, 0.29) is 0 Å². The molecule has 0 heterocycles. The molecule has 0 radical (unpaired) electrons. The molecule has 0 aliphatic heterocycles. The summed E-state index contributed by atoms with van der Waals surface area (Å²) in [5.74, 6) is 3.99. The van der Waals surface area contributed by atoms with Crippen molar-refractivity contribution in [3.05, 3.63) is 11.6 Å². The van der Waals surface area contributed by atoms with Gasteiger partial charge in [-0.15, -0.1) is 0 Å². The van der Waals surface area contributed by atoms with Crippen LogP contribution in [-0.2, 0) is 0 Å². The lowest BCUT2D eigenvalue weighted by Crippen LogP contribution is -2.11. The third-order valence-electron chi connectivity index (χ3n) is 4.88. The fourth-order valence-corrected chi connectivity index (χ4v) is 2.87. The predicted octanol–water partition coefficient (Wildman–Crippen LogP) is 7.10. The first kappa shape index (κ1) is 19.7. The Labute approximate surface area is 129 Å². The molecule has 0 saturated carbocycles. The first-order valence-electron chi connectivity index (χ1n) is 9.02. The highest BCUT2D eigenvalue weighted by molar-refractivity contribution is 5.08. The molecular formula is C20H40. The van der Waals surface area contributed by atoms with Crippen molar-refractivity contribution in [3.63, 3.8) is 0 Å². The second-order valence-corrected chi connectivity index (χ2v) is 7.62. The van der Waals surface area contributed by atoms with E-state index in [0.717, 1.165) is 23.7 Å². The van der Waals surface area contributed by atoms with Crippen molar-refractivity contribution in [2.75, 3.05) is 0 Å². The molecule has 3 unspecified atom stereocenters. The van der Waals surface area contributed by atoms with E-state index < -0.39 is 0 Å². The van der Waals surface area contributed by atoms with Crippen LogP contribution < -0.4 is 0 Å². The van der Waals surface area contributed by atoms with E-state index in [1.807, 2.05) is 0 Å². The lowest BCUT2D eigenvalue weighted by atomic mass is 9.81. The van der Waals surface area contributed by atoms with Gasteiger partial charge in [0.1, 0.15) is 0 Å². The van der Waals surface area contributed by atoms with Crippen molar-refractivity contribution in [1.29, 1.82) is 0 Å². The number of hydrogen-bond donors (Lipinski definition) is 0. The molecule has 0 aromatic heterocycles. The molecule has 20 heavy (non-hydrogen) atoms. The van der Waals surface area contributed by atoms with Gasteiger partial charge < -0.3 is 0 Å². The summed E-state index contributed by atoms with van der Waals surface area (Å²) < 4.78 is 0. The molecule has 0 N–H and O–H groups in total. The lowest BCUT2D eigenvalue weighted by Gasteiger charge is -2.24. The van der Waals surface area contributed by atoms with Gasteiger partial charge in [-0.1, -0.05) is 79.9 Å². The summed E-state index contributed by atoms with van der Waals surface area (Å²) in [4.78, 5) is 0. The molecule has 0 heteroatoms. The van der Waals surface area contributed by atoms with Crippen LogP contribution in [0.15, 0.2) is 11.6 Å². The van der Waals surface area contributed by atoms with Crippen molar-refractivity contribution in [3.8, 4) is 0 Å². The van der Waals surface area contributed by atoms with Crippen molar-refractivity contribution < 1.29 is 0 Å². The van der Waals surface area contributed by atoms with Crippen molar-refractivity contribution in [2.24, 2.45) is 29.6 Å². The van der Waals surface area contributed by atoms with E-state index in [2.05, 4.69) is 61.5 Å². The second kappa shape index (κ2) is 10.5. The van der Waals surface area contributed by atoms with Crippen LogP contribution in [0, 0.1) is 29.6 Å². The summed E-state index contributed by atoms with van der Waals surface area (Å²) in [5.41, 5.74) is 1.71. The van der Waals surface area contributed by atoms with Crippen LogP contribution in [-0.4, -0.2) is 0 Å². The quantitative estimate of drug-likeness (QED) is 0.374. The van der Waals surface area contributed by atoms with Crippen LogP contribution in [0.1, 0.15) is 87.5 Å². The first-order chi connectivity index (χ1) is 9.31. The summed E-state index contributed by atoms with van der Waals surface area (Å²) in [6.07, 6.45) is 9.26. The minimum atomic E-state index is 0.713. The SMILES string of the molecule is CCC(=CC(C)C(C)C)C(CC)CC(C)CCC(C)C. The molecular weight excluding hydrogens is 240 g/mol. The zero-order chi connectivity index (χ0) is 15.7. The molecule has 0 aliphatic rings. The monoisotopic (exact) mass is 280 g/mol. The maximum absolute atomic E-state index is 2.58. The van der Waals surface area contributed by atoms with Gasteiger partial charge in [0.05, 0.1) is 0 Å². The Bertz CT molecular complexity index is 259.